The summed E-state index contributed by atoms with van der Waals surface area (Å²) < 4.78 is 0. The molecular formula is C11H25N3O. The Morgan fingerprint density at radius 2 is 1.93 bits per heavy atom. The molecule has 1 atom stereocenters. The number of likely N-dealkylation sites (N-methyl/N-ethyl adjacent to an activating group) is 1. The molecule has 0 aromatic heterocycles. The van der Waals surface area contributed by atoms with Gasteiger partial charge in [-0.15, -0.1) is 0 Å². The second kappa shape index (κ2) is 6.08. The molecule has 0 aliphatic carbocycles. The molecule has 90 valence electrons. The largest absolute Gasteiger partial charge is 0.354 e. The van der Waals surface area contributed by atoms with Crippen molar-refractivity contribution in [2.45, 2.75) is 26.3 Å². The van der Waals surface area contributed by atoms with Gasteiger partial charge in [-0.25, -0.2) is 0 Å². The zero-order chi connectivity index (χ0) is 12.1. The Kier molecular flexibility index (Phi) is 5.83. The highest BCUT2D eigenvalue weighted by molar-refractivity contribution is 5.78. The zero-order valence-electron chi connectivity index (χ0n) is 10.8. The summed E-state index contributed by atoms with van der Waals surface area (Å²) in [5.74, 6) is 0.132. The Morgan fingerprint density at radius 1 is 1.40 bits per heavy atom. The normalized spacial score (nSPS) is 14.1. The Bertz CT molecular complexity index is 202. The van der Waals surface area contributed by atoms with Gasteiger partial charge in [0.2, 0.25) is 5.91 Å². The molecule has 4 nitrogen and oxygen atoms in total. The molecule has 0 aliphatic heterocycles. The van der Waals surface area contributed by atoms with E-state index in [1.165, 1.54) is 0 Å². The van der Waals surface area contributed by atoms with E-state index in [4.69, 9.17) is 0 Å². The van der Waals surface area contributed by atoms with E-state index in [1.807, 2.05) is 28.1 Å². The van der Waals surface area contributed by atoms with Gasteiger partial charge in [-0.05, 0) is 35.0 Å². The van der Waals surface area contributed by atoms with Crippen molar-refractivity contribution in [2.24, 2.45) is 5.92 Å². The topological polar surface area (TPSA) is 44.4 Å². The van der Waals surface area contributed by atoms with Crippen LogP contribution in [-0.2, 0) is 4.79 Å². The van der Waals surface area contributed by atoms with E-state index in [1.54, 1.807) is 0 Å². The molecule has 0 aliphatic rings. The smallest absolute Gasteiger partial charge is 0.224 e. The summed E-state index contributed by atoms with van der Waals surface area (Å²) in [6.45, 7) is 7.53. The van der Waals surface area contributed by atoms with Crippen LogP contribution in [0.1, 0.15) is 20.8 Å². The Balaban J connectivity index is 4.00. The van der Waals surface area contributed by atoms with E-state index in [0.717, 1.165) is 0 Å². The van der Waals surface area contributed by atoms with Crippen molar-refractivity contribution in [1.82, 2.24) is 15.5 Å². The van der Waals surface area contributed by atoms with Gasteiger partial charge >= 0.3 is 0 Å². The molecule has 0 saturated heterocycles. The van der Waals surface area contributed by atoms with E-state index in [9.17, 15) is 4.79 Å². The van der Waals surface area contributed by atoms with Crippen LogP contribution in [0.3, 0.4) is 0 Å². The van der Waals surface area contributed by atoms with Crippen LogP contribution in [0.5, 0.6) is 0 Å². The maximum atomic E-state index is 11.6. The number of hydrogen-bond donors (Lipinski definition) is 2. The van der Waals surface area contributed by atoms with Crippen LogP contribution in [0.25, 0.3) is 0 Å². The van der Waals surface area contributed by atoms with Crippen LogP contribution < -0.4 is 10.6 Å². The highest BCUT2D eigenvalue weighted by Gasteiger charge is 2.22. The van der Waals surface area contributed by atoms with Crippen molar-refractivity contribution in [3.05, 3.63) is 0 Å². The summed E-state index contributed by atoms with van der Waals surface area (Å²) >= 11 is 0. The molecule has 2 N–H and O–H groups in total. The van der Waals surface area contributed by atoms with Gasteiger partial charge in [0.05, 0.1) is 0 Å². The molecule has 1 amide bonds. The quantitative estimate of drug-likeness (QED) is 0.670. The van der Waals surface area contributed by atoms with Crippen LogP contribution in [0.4, 0.5) is 0 Å². The summed E-state index contributed by atoms with van der Waals surface area (Å²) in [6, 6.07) is 0. The maximum Gasteiger partial charge on any atom is 0.224 e. The maximum absolute atomic E-state index is 11.6. The number of amides is 1. The number of rotatable bonds is 6. The van der Waals surface area contributed by atoms with Crippen molar-refractivity contribution in [3.63, 3.8) is 0 Å². The van der Waals surface area contributed by atoms with Crippen molar-refractivity contribution in [1.29, 1.82) is 0 Å². The molecule has 0 aromatic carbocycles. The lowest BCUT2D eigenvalue weighted by Gasteiger charge is -2.33. The first kappa shape index (κ1) is 14.4. The second-order valence-electron chi connectivity index (χ2n) is 4.88. The molecular weight excluding hydrogens is 190 g/mol. The van der Waals surface area contributed by atoms with Crippen LogP contribution in [0.15, 0.2) is 0 Å². The number of carbonyl (C=O) groups excluding carboxylic acids is 1. The van der Waals surface area contributed by atoms with Gasteiger partial charge in [-0.2, -0.15) is 0 Å². The Morgan fingerprint density at radius 3 is 2.33 bits per heavy atom. The number of carbonyl (C=O) groups is 1. The molecule has 15 heavy (non-hydrogen) atoms. The van der Waals surface area contributed by atoms with E-state index in [2.05, 4.69) is 29.4 Å². The third-order valence-corrected chi connectivity index (χ3v) is 2.86. The molecule has 0 aromatic rings. The number of nitrogens with zero attached hydrogens (tertiary/aromatic N) is 1. The summed E-state index contributed by atoms with van der Waals surface area (Å²) in [6.07, 6.45) is 0. The van der Waals surface area contributed by atoms with Crippen molar-refractivity contribution in [3.8, 4) is 0 Å². The zero-order valence-corrected chi connectivity index (χ0v) is 10.8. The fraction of sp³-hybridized carbons (Fsp3) is 0.909. The number of hydrogen-bond acceptors (Lipinski definition) is 3. The van der Waals surface area contributed by atoms with Gasteiger partial charge in [0, 0.05) is 24.5 Å². The fourth-order valence-corrected chi connectivity index (χ4v) is 1.03. The lowest BCUT2D eigenvalue weighted by atomic mass is 10.0. The third-order valence-electron chi connectivity index (χ3n) is 2.86. The van der Waals surface area contributed by atoms with Gasteiger partial charge < -0.3 is 15.5 Å². The molecule has 0 radical (unpaired) electrons. The van der Waals surface area contributed by atoms with E-state index >= 15 is 0 Å². The molecule has 0 heterocycles. The summed E-state index contributed by atoms with van der Waals surface area (Å²) in [7, 11) is 5.89. The second-order valence-corrected chi connectivity index (χ2v) is 4.88. The average molecular weight is 215 g/mol. The van der Waals surface area contributed by atoms with E-state index in [0.29, 0.717) is 13.1 Å². The van der Waals surface area contributed by atoms with E-state index in [-0.39, 0.29) is 17.4 Å². The molecule has 4 heteroatoms. The molecule has 0 saturated carbocycles. The summed E-state index contributed by atoms with van der Waals surface area (Å²) in [4.78, 5) is 13.7. The standard InChI is InChI=1S/C11H25N3O/c1-9(7-12-4)10(15)13-8-11(2,3)14(5)6/h9,12H,7-8H2,1-6H3,(H,13,15). The van der Waals surface area contributed by atoms with Gasteiger partial charge in [0.15, 0.2) is 0 Å². The van der Waals surface area contributed by atoms with E-state index < -0.39 is 0 Å². The van der Waals surface area contributed by atoms with Gasteiger partial charge in [-0.3, -0.25) is 4.79 Å². The van der Waals surface area contributed by atoms with Crippen LogP contribution in [0.2, 0.25) is 0 Å². The first-order valence-corrected chi connectivity index (χ1v) is 5.41. The van der Waals surface area contributed by atoms with Crippen LogP contribution >= 0.6 is 0 Å². The molecule has 0 rings (SSSR count). The highest BCUT2D eigenvalue weighted by atomic mass is 16.1. The van der Waals surface area contributed by atoms with Crippen molar-refractivity contribution in [2.75, 3.05) is 34.2 Å². The first-order chi connectivity index (χ1) is 6.81. The summed E-state index contributed by atoms with van der Waals surface area (Å²) in [5.41, 5.74) is -0.00494. The molecule has 0 spiro atoms. The predicted molar refractivity (Wildman–Crippen MR) is 63.9 cm³/mol. The third kappa shape index (κ3) is 5.14. The fourth-order valence-electron chi connectivity index (χ4n) is 1.03. The summed E-state index contributed by atoms with van der Waals surface area (Å²) in [5, 5.41) is 5.97. The molecule has 1 unspecified atom stereocenters. The van der Waals surface area contributed by atoms with Gasteiger partial charge in [0.25, 0.3) is 0 Å². The Labute approximate surface area is 93.4 Å². The minimum absolute atomic E-state index is 0.00494. The first-order valence-electron chi connectivity index (χ1n) is 5.41. The predicted octanol–water partition coefficient (Wildman–Crippen LogP) is 0.298. The van der Waals surface area contributed by atoms with Crippen molar-refractivity contribution < 1.29 is 4.79 Å². The minimum atomic E-state index is -0.00494. The minimum Gasteiger partial charge on any atom is -0.354 e. The monoisotopic (exact) mass is 215 g/mol. The molecule has 0 fully saturated rings. The number of nitrogens with one attached hydrogen (secondary N) is 2. The van der Waals surface area contributed by atoms with Crippen LogP contribution in [0, 0.1) is 5.92 Å². The highest BCUT2D eigenvalue weighted by Crippen LogP contribution is 2.08. The van der Waals surface area contributed by atoms with Gasteiger partial charge in [-0.1, -0.05) is 6.92 Å². The average Bonchev–Trinajstić information content (AvgIpc) is 2.14. The Hall–Kier alpha value is -0.610. The SMILES string of the molecule is CNCC(C)C(=O)NCC(C)(C)N(C)C. The lowest BCUT2D eigenvalue weighted by Crippen LogP contribution is -2.49. The van der Waals surface area contributed by atoms with Gasteiger partial charge in [0.1, 0.15) is 0 Å². The lowest BCUT2D eigenvalue weighted by molar-refractivity contribution is -0.124. The molecule has 0 bridgehead atoms. The van der Waals surface area contributed by atoms with Crippen molar-refractivity contribution >= 4 is 5.91 Å². The van der Waals surface area contributed by atoms with Crippen LogP contribution in [-0.4, -0.2) is 50.6 Å².